The fraction of sp³-hybridized carbons (Fsp3) is 0.370. The lowest BCUT2D eigenvalue weighted by Gasteiger charge is -2.32. The van der Waals surface area contributed by atoms with Crippen LogP contribution in [0.2, 0.25) is 0 Å². The molecule has 9 nitrogen and oxygen atoms in total. The minimum Gasteiger partial charge on any atom is -0.480 e. The summed E-state index contributed by atoms with van der Waals surface area (Å²) < 4.78 is 75.7. The molecule has 2 aromatic heterocycles. The van der Waals surface area contributed by atoms with Crippen LogP contribution in [-0.2, 0) is 25.7 Å². The molecule has 214 valence electrons. The summed E-state index contributed by atoms with van der Waals surface area (Å²) in [5.41, 5.74) is -0.431. The van der Waals surface area contributed by atoms with Gasteiger partial charge in [0.25, 0.3) is 10.0 Å². The van der Waals surface area contributed by atoms with Gasteiger partial charge in [0.15, 0.2) is 5.03 Å². The second kappa shape index (κ2) is 11.8. The number of nitrogens with zero attached hydrogens (tertiary/aromatic N) is 3. The van der Waals surface area contributed by atoms with Gasteiger partial charge >= 0.3 is 12.1 Å². The van der Waals surface area contributed by atoms with E-state index in [1.807, 2.05) is 18.7 Å². The molecule has 1 aliphatic rings. The van der Waals surface area contributed by atoms with E-state index in [9.17, 15) is 26.4 Å². The Morgan fingerprint density at radius 3 is 2.42 bits per heavy atom. The van der Waals surface area contributed by atoms with Crippen molar-refractivity contribution in [3.05, 3.63) is 65.7 Å². The quantitative estimate of drug-likeness (QED) is 0.357. The average Bonchev–Trinajstić information content (AvgIpc) is 2.91. The molecule has 0 amide bonds. The van der Waals surface area contributed by atoms with Gasteiger partial charge in [0.1, 0.15) is 18.2 Å². The summed E-state index contributed by atoms with van der Waals surface area (Å²) in [5, 5.41) is 8.46. The maximum atomic E-state index is 13.9. The molecule has 1 aromatic carbocycles. The lowest BCUT2D eigenvalue weighted by Crippen LogP contribution is -2.38. The van der Waals surface area contributed by atoms with Crippen LogP contribution in [0.1, 0.15) is 43.7 Å². The number of halogens is 3. The van der Waals surface area contributed by atoms with E-state index in [-0.39, 0.29) is 40.7 Å². The number of anilines is 2. The van der Waals surface area contributed by atoms with Gasteiger partial charge in [0, 0.05) is 18.7 Å². The minimum absolute atomic E-state index is 0.0971. The molecule has 0 spiro atoms. The highest BCUT2D eigenvalue weighted by Gasteiger charge is 2.35. The SMILES string of the molecule is CC(C)c1ccccc1-c1nc(NS(=O)(=O)c2cccc(N3CCC(OCC(=O)O)CC3)n2)ccc1C(F)(F)F. The summed E-state index contributed by atoms with van der Waals surface area (Å²) in [5.74, 6) is -1.02. The molecule has 0 aliphatic carbocycles. The van der Waals surface area contributed by atoms with E-state index in [2.05, 4.69) is 14.7 Å². The molecule has 3 heterocycles. The van der Waals surface area contributed by atoms with Crippen molar-refractivity contribution in [3.63, 3.8) is 0 Å². The van der Waals surface area contributed by atoms with Crippen LogP contribution < -0.4 is 9.62 Å². The van der Waals surface area contributed by atoms with Gasteiger partial charge in [0.05, 0.1) is 17.4 Å². The van der Waals surface area contributed by atoms with E-state index in [0.29, 0.717) is 37.3 Å². The first-order chi connectivity index (χ1) is 18.8. The number of hydrogen-bond donors (Lipinski definition) is 2. The molecular formula is C27H29F3N4O5S. The van der Waals surface area contributed by atoms with Gasteiger partial charge in [0.2, 0.25) is 0 Å². The van der Waals surface area contributed by atoms with Gasteiger partial charge in [-0.05, 0) is 48.6 Å². The third-order valence-electron chi connectivity index (χ3n) is 6.47. The molecule has 0 bridgehead atoms. The van der Waals surface area contributed by atoms with E-state index in [4.69, 9.17) is 9.84 Å². The first-order valence-corrected chi connectivity index (χ1v) is 14.1. The van der Waals surface area contributed by atoms with Crippen LogP contribution in [0.5, 0.6) is 0 Å². The number of benzene rings is 1. The van der Waals surface area contributed by atoms with Crippen LogP contribution in [0, 0.1) is 0 Å². The van der Waals surface area contributed by atoms with Gasteiger partial charge < -0.3 is 14.7 Å². The molecule has 0 saturated carbocycles. The molecule has 40 heavy (non-hydrogen) atoms. The van der Waals surface area contributed by atoms with Crippen LogP contribution in [0.3, 0.4) is 0 Å². The average molecular weight is 579 g/mol. The standard InChI is InChI=1S/C27H29F3N4O5S/c1-17(2)19-6-3-4-7-20(19)26-21(27(28,29)30)10-11-22(31-26)33-40(37,38)24-9-5-8-23(32-24)34-14-12-18(13-15-34)39-16-25(35)36/h3-11,17-18H,12-16H2,1-2H3,(H,31,33)(H,35,36). The van der Waals surface area contributed by atoms with Gasteiger partial charge in [-0.25, -0.2) is 14.8 Å². The molecule has 1 saturated heterocycles. The summed E-state index contributed by atoms with van der Waals surface area (Å²) in [4.78, 5) is 21.0. The van der Waals surface area contributed by atoms with Crippen molar-refractivity contribution in [2.24, 2.45) is 0 Å². The fourth-order valence-electron chi connectivity index (χ4n) is 4.53. The second-order valence-electron chi connectivity index (χ2n) is 9.66. The Hall–Kier alpha value is -3.71. The second-order valence-corrected chi connectivity index (χ2v) is 11.3. The number of piperidine rings is 1. The van der Waals surface area contributed by atoms with Crippen molar-refractivity contribution in [1.82, 2.24) is 9.97 Å². The molecule has 1 aliphatic heterocycles. The number of ether oxygens (including phenoxy) is 1. The Balaban J connectivity index is 1.59. The van der Waals surface area contributed by atoms with Crippen LogP contribution in [0.15, 0.2) is 59.6 Å². The van der Waals surface area contributed by atoms with Crippen molar-refractivity contribution in [1.29, 1.82) is 0 Å². The number of carbonyl (C=O) groups is 1. The number of carboxylic acid groups (broad SMARTS) is 1. The van der Waals surface area contributed by atoms with E-state index in [1.54, 1.807) is 24.3 Å². The number of sulfonamides is 1. The van der Waals surface area contributed by atoms with Crippen LogP contribution in [-0.4, -0.2) is 55.3 Å². The summed E-state index contributed by atoms with van der Waals surface area (Å²) in [6.45, 7) is 4.28. The van der Waals surface area contributed by atoms with E-state index < -0.39 is 27.7 Å². The van der Waals surface area contributed by atoms with Gasteiger partial charge in [-0.15, -0.1) is 0 Å². The van der Waals surface area contributed by atoms with Crippen molar-refractivity contribution < 1.29 is 36.2 Å². The van der Waals surface area contributed by atoms with E-state index in [0.717, 1.165) is 12.1 Å². The van der Waals surface area contributed by atoms with Crippen molar-refractivity contribution in [2.45, 2.75) is 49.9 Å². The van der Waals surface area contributed by atoms with Gasteiger partial charge in [-0.2, -0.15) is 21.6 Å². The van der Waals surface area contributed by atoms with Gasteiger partial charge in [-0.3, -0.25) is 4.72 Å². The Labute approximate surface area is 230 Å². The molecule has 13 heteroatoms. The number of aliphatic carboxylic acids is 1. The predicted molar refractivity (Wildman–Crippen MR) is 143 cm³/mol. The van der Waals surface area contributed by atoms with E-state index >= 15 is 0 Å². The normalized spacial score (nSPS) is 14.9. The largest absolute Gasteiger partial charge is 0.480 e. The lowest BCUT2D eigenvalue weighted by molar-refractivity contribution is -0.144. The van der Waals surface area contributed by atoms with Crippen molar-refractivity contribution in [2.75, 3.05) is 29.3 Å². The molecule has 0 unspecified atom stereocenters. The molecule has 0 radical (unpaired) electrons. The molecule has 0 atom stereocenters. The van der Waals surface area contributed by atoms with Crippen LogP contribution >= 0.6 is 0 Å². The fourth-order valence-corrected chi connectivity index (χ4v) is 5.49. The van der Waals surface area contributed by atoms with Crippen LogP contribution in [0.4, 0.5) is 24.8 Å². The molecule has 1 fully saturated rings. The zero-order valence-corrected chi connectivity index (χ0v) is 22.7. The zero-order valence-electron chi connectivity index (χ0n) is 21.9. The summed E-state index contributed by atoms with van der Waals surface area (Å²) >= 11 is 0. The molecule has 3 aromatic rings. The Morgan fingerprint density at radius 1 is 1.07 bits per heavy atom. The van der Waals surface area contributed by atoms with E-state index in [1.165, 1.54) is 18.2 Å². The van der Waals surface area contributed by atoms with Gasteiger partial charge in [-0.1, -0.05) is 44.2 Å². The highest BCUT2D eigenvalue weighted by Crippen LogP contribution is 2.39. The Bertz CT molecular complexity index is 1470. The predicted octanol–water partition coefficient (Wildman–Crippen LogP) is 5.16. The first-order valence-electron chi connectivity index (χ1n) is 12.6. The number of carboxylic acids is 1. The zero-order chi connectivity index (χ0) is 29.1. The highest BCUT2D eigenvalue weighted by molar-refractivity contribution is 7.92. The number of pyridine rings is 2. The topological polar surface area (TPSA) is 122 Å². The third-order valence-corrected chi connectivity index (χ3v) is 7.73. The van der Waals surface area contributed by atoms with Crippen LogP contribution in [0.25, 0.3) is 11.3 Å². The number of rotatable bonds is 9. The third kappa shape index (κ3) is 6.89. The molecule has 2 N–H and O–H groups in total. The minimum atomic E-state index is -4.70. The first kappa shape index (κ1) is 29.3. The lowest BCUT2D eigenvalue weighted by atomic mass is 9.93. The monoisotopic (exact) mass is 578 g/mol. The highest BCUT2D eigenvalue weighted by atomic mass is 32.2. The molecule has 4 rings (SSSR count). The van der Waals surface area contributed by atoms with Crippen molar-refractivity contribution in [3.8, 4) is 11.3 Å². The number of hydrogen-bond acceptors (Lipinski definition) is 7. The smallest absolute Gasteiger partial charge is 0.418 e. The molecular weight excluding hydrogens is 549 g/mol. The van der Waals surface area contributed by atoms with Crippen molar-refractivity contribution >= 4 is 27.6 Å². The Kier molecular flexibility index (Phi) is 8.64. The number of alkyl halides is 3. The summed E-state index contributed by atoms with van der Waals surface area (Å²) in [6, 6.07) is 12.8. The number of nitrogens with one attached hydrogen (secondary N) is 1. The maximum absolute atomic E-state index is 13.9. The Morgan fingerprint density at radius 2 is 1.77 bits per heavy atom. The number of aromatic nitrogens is 2. The summed E-state index contributed by atoms with van der Waals surface area (Å²) in [7, 11) is -4.30. The summed E-state index contributed by atoms with van der Waals surface area (Å²) in [6.07, 6.45) is -3.84. The maximum Gasteiger partial charge on any atom is 0.418 e.